The summed E-state index contributed by atoms with van der Waals surface area (Å²) in [6.45, 7) is 0.720. The number of benzene rings is 1. The molecule has 4 heteroatoms. The van der Waals surface area contributed by atoms with Crippen molar-refractivity contribution in [2.75, 3.05) is 13.7 Å². The van der Waals surface area contributed by atoms with Crippen LogP contribution in [0.3, 0.4) is 0 Å². The molecular weight excluding hydrogens is 232 g/mol. The van der Waals surface area contributed by atoms with Gasteiger partial charge in [-0.05, 0) is 43.5 Å². The average Bonchev–Trinajstić information content (AvgIpc) is 2.78. The first-order chi connectivity index (χ1) is 8.70. The van der Waals surface area contributed by atoms with Crippen LogP contribution in [0.4, 0.5) is 0 Å². The molecule has 0 aromatic heterocycles. The minimum atomic E-state index is -0.917. The summed E-state index contributed by atoms with van der Waals surface area (Å²) in [5, 5.41) is 8.81. The van der Waals surface area contributed by atoms with Gasteiger partial charge in [0.15, 0.2) is 0 Å². The predicted octanol–water partition coefficient (Wildman–Crippen LogP) is 2.58. The number of rotatable bonds is 5. The van der Waals surface area contributed by atoms with Crippen molar-refractivity contribution in [3.05, 3.63) is 29.8 Å². The molecule has 98 valence electrons. The monoisotopic (exact) mass is 250 g/mol. The number of hydrogen-bond acceptors (Lipinski definition) is 3. The maximum absolute atomic E-state index is 10.7. The van der Waals surface area contributed by atoms with E-state index in [0.717, 1.165) is 31.6 Å². The minimum absolute atomic E-state index is 0.181. The van der Waals surface area contributed by atoms with Crippen molar-refractivity contribution in [3.63, 3.8) is 0 Å². The highest BCUT2D eigenvalue weighted by Crippen LogP contribution is 2.30. The Labute approximate surface area is 107 Å². The van der Waals surface area contributed by atoms with Crippen molar-refractivity contribution in [3.8, 4) is 5.75 Å². The van der Waals surface area contributed by atoms with E-state index >= 15 is 0 Å². The second-order valence-electron chi connectivity index (χ2n) is 4.63. The van der Waals surface area contributed by atoms with E-state index in [2.05, 4.69) is 0 Å². The van der Waals surface area contributed by atoms with E-state index in [1.54, 1.807) is 31.4 Å². The summed E-state index contributed by atoms with van der Waals surface area (Å²) < 4.78 is 11.1. The van der Waals surface area contributed by atoms with E-state index in [1.807, 2.05) is 0 Å². The van der Waals surface area contributed by atoms with Crippen LogP contribution >= 0.6 is 0 Å². The molecule has 0 amide bonds. The standard InChI is InChI=1S/C14H18O4/c1-17-9-11-3-2-4-13(11)18-12-7-5-10(6-8-12)14(15)16/h5-8,11,13H,2-4,9H2,1H3,(H,15,16)/t11-,13+/m0/s1. The Morgan fingerprint density at radius 1 is 1.33 bits per heavy atom. The molecule has 18 heavy (non-hydrogen) atoms. The smallest absolute Gasteiger partial charge is 0.335 e. The number of carboxylic acid groups (broad SMARTS) is 1. The molecular formula is C14H18O4. The van der Waals surface area contributed by atoms with Crippen molar-refractivity contribution >= 4 is 5.97 Å². The molecule has 4 nitrogen and oxygen atoms in total. The molecule has 0 aliphatic heterocycles. The molecule has 0 bridgehead atoms. The van der Waals surface area contributed by atoms with Gasteiger partial charge < -0.3 is 14.6 Å². The maximum Gasteiger partial charge on any atom is 0.335 e. The Bertz CT molecular complexity index is 399. The van der Waals surface area contributed by atoms with Crippen molar-refractivity contribution in [2.24, 2.45) is 5.92 Å². The zero-order valence-corrected chi connectivity index (χ0v) is 10.5. The molecule has 2 atom stereocenters. The second-order valence-corrected chi connectivity index (χ2v) is 4.63. The van der Waals surface area contributed by atoms with Crippen LogP contribution < -0.4 is 4.74 Å². The van der Waals surface area contributed by atoms with Crippen molar-refractivity contribution in [2.45, 2.75) is 25.4 Å². The van der Waals surface area contributed by atoms with Gasteiger partial charge in [-0.15, -0.1) is 0 Å². The van der Waals surface area contributed by atoms with E-state index in [9.17, 15) is 4.79 Å². The Balaban J connectivity index is 1.98. The Kier molecular flexibility index (Phi) is 4.20. The third-order valence-corrected chi connectivity index (χ3v) is 3.36. The van der Waals surface area contributed by atoms with Crippen LogP contribution in [-0.4, -0.2) is 30.9 Å². The summed E-state index contributed by atoms with van der Waals surface area (Å²) in [6.07, 6.45) is 3.51. The maximum atomic E-state index is 10.7. The number of aromatic carboxylic acids is 1. The van der Waals surface area contributed by atoms with Gasteiger partial charge in [-0.25, -0.2) is 4.79 Å². The summed E-state index contributed by atoms with van der Waals surface area (Å²) >= 11 is 0. The Morgan fingerprint density at radius 3 is 2.67 bits per heavy atom. The van der Waals surface area contributed by atoms with E-state index in [-0.39, 0.29) is 11.7 Å². The SMILES string of the molecule is COC[C@@H]1CCC[C@H]1Oc1ccc(C(=O)O)cc1. The van der Waals surface area contributed by atoms with Crippen LogP contribution in [0.2, 0.25) is 0 Å². The van der Waals surface area contributed by atoms with Crippen LogP contribution in [0.25, 0.3) is 0 Å². The van der Waals surface area contributed by atoms with Crippen LogP contribution in [-0.2, 0) is 4.74 Å². The fourth-order valence-electron chi connectivity index (χ4n) is 2.41. The first-order valence-corrected chi connectivity index (χ1v) is 6.19. The minimum Gasteiger partial charge on any atom is -0.490 e. The molecule has 1 aliphatic carbocycles. The zero-order chi connectivity index (χ0) is 13.0. The highest BCUT2D eigenvalue weighted by molar-refractivity contribution is 5.87. The lowest BCUT2D eigenvalue weighted by molar-refractivity contribution is 0.0696. The van der Waals surface area contributed by atoms with Gasteiger partial charge in [-0.2, -0.15) is 0 Å². The first kappa shape index (κ1) is 12.9. The van der Waals surface area contributed by atoms with Gasteiger partial charge in [-0.1, -0.05) is 0 Å². The quantitative estimate of drug-likeness (QED) is 0.872. The Morgan fingerprint density at radius 2 is 2.06 bits per heavy atom. The fourth-order valence-corrected chi connectivity index (χ4v) is 2.41. The molecule has 0 saturated heterocycles. The zero-order valence-electron chi connectivity index (χ0n) is 10.5. The van der Waals surface area contributed by atoms with Crippen molar-refractivity contribution in [1.82, 2.24) is 0 Å². The van der Waals surface area contributed by atoms with Crippen LogP contribution in [0, 0.1) is 5.92 Å². The molecule has 1 N–H and O–H groups in total. The predicted molar refractivity (Wildman–Crippen MR) is 67.0 cm³/mol. The highest BCUT2D eigenvalue weighted by Gasteiger charge is 2.28. The average molecular weight is 250 g/mol. The highest BCUT2D eigenvalue weighted by atomic mass is 16.5. The van der Waals surface area contributed by atoms with E-state index in [4.69, 9.17) is 14.6 Å². The normalized spacial score (nSPS) is 22.9. The molecule has 1 aromatic carbocycles. The number of methoxy groups -OCH3 is 1. The lowest BCUT2D eigenvalue weighted by Gasteiger charge is -2.20. The Hall–Kier alpha value is -1.55. The molecule has 0 radical (unpaired) electrons. The van der Waals surface area contributed by atoms with Crippen LogP contribution in [0.5, 0.6) is 5.75 Å². The third kappa shape index (κ3) is 3.01. The summed E-state index contributed by atoms with van der Waals surface area (Å²) in [5.74, 6) is 0.252. The van der Waals surface area contributed by atoms with E-state index in [1.165, 1.54) is 0 Å². The van der Waals surface area contributed by atoms with Crippen molar-refractivity contribution in [1.29, 1.82) is 0 Å². The fraction of sp³-hybridized carbons (Fsp3) is 0.500. The van der Waals surface area contributed by atoms with Crippen LogP contribution in [0.15, 0.2) is 24.3 Å². The lowest BCUT2D eigenvalue weighted by atomic mass is 10.1. The number of carbonyl (C=O) groups is 1. The topological polar surface area (TPSA) is 55.8 Å². The summed E-state index contributed by atoms with van der Waals surface area (Å²) in [5.41, 5.74) is 0.280. The first-order valence-electron chi connectivity index (χ1n) is 6.19. The molecule has 1 saturated carbocycles. The number of carboxylic acids is 1. The largest absolute Gasteiger partial charge is 0.490 e. The molecule has 0 heterocycles. The van der Waals surface area contributed by atoms with Gasteiger partial charge in [0.2, 0.25) is 0 Å². The number of ether oxygens (including phenoxy) is 2. The van der Waals surface area contributed by atoms with Gasteiger partial charge in [0.05, 0.1) is 12.2 Å². The van der Waals surface area contributed by atoms with Gasteiger partial charge in [0, 0.05) is 13.0 Å². The molecule has 1 fully saturated rings. The summed E-state index contributed by atoms with van der Waals surface area (Å²) in [4.78, 5) is 10.7. The van der Waals surface area contributed by atoms with E-state index in [0.29, 0.717) is 5.92 Å². The molecule has 1 aliphatic rings. The summed E-state index contributed by atoms with van der Waals surface area (Å²) in [6, 6.07) is 6.56. The lowest BCUT2D eigenvalue weighted by Crippen LogP contribution is -2.24. The van der Waals surface area contributed by atoms with Gasteiger partial charge in [-0.3, -0.25) is 0 Å². The molecule has 0 unspecified atom stereocenters. The van der Waals surface area contributed by atoms with Crippen molar-refractivity contribution < 1.29 is 19.4 Å². The molecule has 2 rings (SSSR count). The van der Waals surface area contributed by atoms with Gasteiger partial charge >= 0.3 is 5.97 Å². The molecule has 1 aromatic rings. The van der Waals surface area contributed by atoms with Gasteiger partial charge in [0.1, 0.15) is 11.9 Å². The molecule has 0 spiro atoms. The summed E-state index contributed by atoms with van der Waals surface area (Å²) in [7, 11) is 1.71. The second kappa shape index (κ2) is 5.87. The number of hydrogen-bond donors (Lipinski definition) is 1. The third-order valence-electron chi connectivity index (χ3n) is 3.36. The van der Waals surface area contributed by atoms with Crippen LogP contribution in [0.1, 0.15) is 29.6 Å². The van der Waals surface area contributed by atoms with Gasteiger partial charge in [0.25, 0.3) is 0 Å². The van der Waals surface area contributed by atoms with E-state index < -0.39 is 5.97 Å².